The van der Waals surface area contributed by atoms with Gasteiger partial charge in [0, 0.05) is 13.3 Å². The molecule has 0 radical (unpaired) electrons. The van der Waals surface area contributed by atoms with Crippen LogP contribution in [0, 0.1) is 0 Å². The molecular formula is C17H18F3NO. The zero-order chi connectivity index (χ0) is 25.6. The van der Waals surface area contributed by atoms with Crippen molar-refractivity contribution in [2.24, 2.45) is 0 Å². The highest BCUT2D eigenvalue weighted by Crippen LogP contribution is 2.31. The Kier molecular flexibility index (Phi) is 2.34. The average Bonchev–Trinajstić information content (AvgIpc) is 2.61. The molecule has 1 N–H and O–H groups in total. The van der Waals surface area contributed by atoms with E-state index in [1.807, 2.05) is 0 Å². The topological polar surface area (TPSA) is 21.3 Å². The Morgan fingerprint density at radius 2 is 1.95 bits per heavy atom. The summed E-state index contributed by atoms with van der Waals surface area (Å²) in [5, 5.41) is 1.65. The Labute approximate surface area is 143 Å². The average molecular weight is 320 g/mol. The highest BCUT2D eigenvalue weighted by atomic mass is 19.4. The summed E-state index contributed by atoms with van der Waals surface area (Å²) in [6, 6.07) is -1.47. The van der Waals surface area contributed by atoms with E-state index < -0.39 is 79.2 Å². The van der Waals surface area contributed by atoms with Gasteiger partial charge in [0.25, 0.3) is 0 Å². The van der Waals surface area contributed by atoms with E-state index in [0.717, 1.165) is 12.1 Å². The minimum Gasteiger partial charge on any atom is -0.486 e. The summed E-state index contributed by atoms with van der Waals surface area (Å²) in [6.45, 7) is -5.90. The number of hydrogen-bond acceptors (Lipinski definition) is 2. The summed E-state index contributed by atoms with van der Waals surface area (Å²) in [4.78, 5) is 0. The van der Waals surface area contributed by atoms with Gasteiger partial charge in [-0.2, -0.15) is 13.2 Å². The maximum absolute atomic E-state index is 12.8. The first kappa shape index (κ1) is 7.04. The van der Waals surface area contributed by atoms with Gasteiger partial charge < -0.3 is 10.1 Å². The highest BCUT2D eigenvalue weighted by molar-refractivity contribution is 5.30. The second-order valence-electron chi connectivity index (χ2n) is 4.03. The molecule has 0 aliphatic heterocycles. The van der Waals surface area contributed by atoms with Gasteiger partial charge in [0.2, 0.25) is 0 Å². The van der Waals surface area contributed by atoms with Crippen LogP contribution in [0.3, 0.4) is 0 Å². The lowest BCUT2D eigenvalue weighted by atomic mass is 10.1. The van der Waals surface area contributed by atoms with Crippen molar-refractivity contribution in [3.63, 3.8) is 0 Å². The third-order valence-electron chi connectivity index (χ3n) is 2.54. The smallest absolute Gasteiger partial charge is 0.416 e. The highest BCUT2D eigenvalue weighted by Gasteiger charge is 2.30. The normalized spacial score (nSPS) is 22.8. The first-order valence-electron chi connectivity index (χ1n) is 11.5. The Morgan fingerprint density at radius 1 is 1.27 bits per heavy atom. The van der Waals surface area contributed by atoms with E-state index in [4.69, 9.17) is 19.8 Å². The van der Waals surface area contributed by atoms with Crippen molar-refractivity contribution < 1.29 is 33.0 Å². The number of ether oxygens (including phenoxy) is 1. The predicted molar refractivity (Wildman–Crippen MR) is 79.8 cm³/mol. The van der Waals surface area contributed by atoms with Gasteiger partial charge in [-0.25, -0.2) is 0 Å². The van der Waals surface area contributed by atoms with Crippen molar-refractivity contribution in [2.75, 3.05) is 13.5 Å². The molecular weight excluding hydrogens is 291 g/mol. The fourth-order valence-electron chi connectivity index (χ4n) is 1.54. The zero-order valence-corrected chi connectivity index (χ0v) is 11.1. The maximum atomic E-state index is 12.8. The lowest BCUT2D eigenvalue weighted by Crippen LogP contribution is -2.16. The fraction of sp³-hybridized carbons (Fsp3) is 0.294. The zero-order valence-electron chi connectivity index (χ0n) is 22.1. The molecule has 1 atom stereocenters. The van der Waals surface area contributed by atoms with E-state index in [2.05, 4.69) is 0 Å². The molecule has 1 unspecified atom stereocenters. The molecule has 0 fully saturated rings. The molecule has 0 saturated carbocycles. The minimum absolute atomic E-state index is 0.408. The van der Waals surface area contributed by atoms with Crippen LogP contribution in [0.1, 0.15) is 38.7 Å². The summed E-state index contributed by atoms with van der Waals surface area (Å²) in [7, 11) is 0. The largest absolute Gasteiger partial charge is 0.486 e. The Bertz CT molecular complexity index is 996. The predicted octanol–water partition coefficient (Wildman–Crippen LogP) is 4.44. The van der Waals surface area contributed by atoms with Gasteiger partial charge in [0.15, 0.2) is 0 Å². The van der Waals surface area contributed by atoms with Crippen LogP contribution >= 0.6 is 0 Å². The first-order valence-corrected chi connectivity index (χ1v) is 6.00. The summed E-state index contributed by atoms with van der Waals surface area (Å²) in [5.74, 6) is -0.408. The SMILES string of the molecule is [2H]c1c([2H])c([2H])c(C([2H])(CC([2H])([2H])NC([2H])([2H])[2H])Oc2ccc(C(F)(F)F)cc2)c([2H])c1[2H]. The fourth-order valence-corrected chi connectivity index (χ4v) is 1.54. The van der Waals surface area contributed by atoms with Crippen LogP contribution in [0.5, 0.6) is 5.75 Å². The second kappa shape index (κ2) is 7.31. The van der Waals surface area contributed by atoms with Crippen LogP contribution in [0.4, 0.5) is 13.2 Å². The molecule has 0 saturated heterocycles. The molecule has 0 bridgehead atoms. The van der Waals surface area contributed by atoms with Gasteiger partial charge in [-0.1, -0.05) is 30.2 Å². The Balaban J connectivity index is 2.66. The van der Waals surface area contributed by atoms with Crippen molar-refractivity contribution >= 4 is 0 Å². The van der Waals surface area contributed by atoms with Gasteiger partial charge in [-0.3, -0.25) is 0 Å². The van der Waals surface area contributed by atoms with Crippen molar-refractivity contribution in [1.29, 1.82) is 0 Å². The van der Waals surface area contributed by atoms with Crippen LogP contribution in [0.2, 0.25) is 0 Å². The molecule has 0 spiro atoms. The molecule has 0 amide bonds. The Morgan fingerprint density at radius 3 is 2.55 bits per heavy atom. The lowest BCUT2D eigenvalue weighted by Gasteiger charge is -2.20. The van der Waals surface area contributed by atoms with Crippen molar-refractivity contribution in [3.05, 3.63) is 65.6 Å². The lowest BCUT2D eigenvalue weighted by molar-refractivity contribution is -0.137. The van der Waals surface area contributed by atoms with E-state index in [9.17, 15) is 13.2 Å². The number of nitrogens with one attached hydrogen (secondary N) is 1. The van der Waals surface area contributed by atoms with Crippen LogP contribution in [-0.2, 0) is 6.18 Å². The molecule has 2 aromatic rings. The number of rotatable bonds is 6. The number of alkyl halides is 3. The van der Waals surface area contributed by atoms with Crippen LogP contribution in [-0.4, -0.2) is 13.5 Å². The molecule has 2 aromatic carbocycles. The standard InChI is InChI=1S/C17H18F3NO/c1-21-12-11-16(13-5-3-2-4-6-13)22-15-9-7-14(8-10-15)17(18,19)20/h2-10,16,21H,11-12H2,1H3/i1D3,2D,3D,4D,5D,6D,12D2,16D. The molecule has 2 nitrogen and oxygen atoms in total. The molecule has 2 rings (SSSR count). The summed E-state index contributed by atoms with van der Waals surface area (Å²) in [5.41, 5.74) is -1.86. The maximum Gasteiger partial charge on any atom is 0.416 e. The van der Waals surface area contributed by atoms with Crippen LogP contribution < -0.4 is 10.1 Å². The second-order valence-corrected chi connectivity index (χ2v) is 4.03. The number of hydrogen-bond donors (Lipinski definition) is 1. The van der Waals surface area contributed by atoms with Gasteiger partial charge in [-0.05, 0) is 43.3 Å². The van der Waals surface area contributed by atoms with Crippen LogP contribution in [0.25, 0.3) is 0 Å². The summed E-state index contributed by atoms with van der Waals surface area (Å²) in [6.07, 6.45) is -8.72. The summed E-state index contributed by atoms with van der Waals surface area (Å²) < 4.78 is 130. The van der Waals surface area contributed by atoms with E-state index in [1.165, 1.54) is 0 Å². The van der Waals surface area contributed by atoms with Crippen molar-refractivity contribution in [2.45, 2.75) is 18.7 Å². The molecule has 0 aliphatic rings. The molecule has 5 heteroatoms. The third kappa shape index (κ3) is 4.49. The molecule has 118 valence electrons. The van der Waals surface area contributed by atoms with Gasteiger partial charge in [-0.15, -0.1) is 0 Å². The third-order valence-corrected chi connectivity index (χ3v) is 2.54. The van der Waals surface area contributed by atoms with Gasteiger partial charge >= 0.3 is 6.18 Å². The van der Waals surface area contributed by atoms with E-state index in [-0.39, 0.29) is 0 Å². The van der Waals surface area contributed by atoms with E-state index in [0.29, 0.717) is 12.1 Å². The first-order chi connectivity index (χ1) is 14.8. The van der Waals surface area contributed by atoms with Crippen LogP contribution in [0.15, 0.2) is 54.5 Å². The summed E-state index contributed by atoms with van der Waals surface area (Å²) >= 11 is 0. The van der Waals surface area contributed by atoms with Crippen molar-refractivity contribution in [3.8, 4) is 5.75 Å². The minimum atomic E-state index is -4.68. The molecule has 22 heavy (non-hydrogen) atoms. The quantitative estimate of drug-likeness (QED) is 0.850. The van der Waals surface area contributed by atoms with Gasteiger partial charge in [0.1, 0.15) is 11.8 Å². The van der Waals surface area contributed by atoms with E-state index >= 15 is 0 Å². The molecule has 0 heterocycles. The number of halogens is 3. The van der Waals surface area contributed by atoms with Gasteiger partial charge in [0.05, 0.1) is 13.8 Å². The van der Waals surface area contributed by atoms with Crippen molar-refractivity contribution in [1.82, 2.24) is 5.32 Å². The monoisotopic (exact) mass is 320 g/mol. The Hall–Kier alpha value is -2.01. The molecule has 0 aromatic heterocycles. The number of benzene rings is 2. The van der Waals surface area contributed by atoms with E-state index in [1.54, 1.807) is 5.32 Å². The molecule has 0 aliphatic carbocycles.